The number of amides is 1. The van der Waals surface area contributed by atoms with Gasteiger partial charge in [-0.25, -0.2) is 12.8 Å². The number of halogens is 1. The van der Waals surface area contributed by atoms with Crippen molar-refractivity contribution in [1.82, 2.24) is 9.21 Å². The lowest BCUT2D eigenvalue weighted by atomic mass is 9.97. The second-order valence-electron chi connectivity index (χ2n) is 8.82. The highest BCUT2D eigenvalue weighted by Crippen LogP contribution is 2.26. The smallest absolute Gasteiger partial charge is 0.243 e. The van der Waals surface area contributed by atoms with Gasteiger partial charge >= 0.3 is 0 Å². The van der Waals surface area contributed by atoms with Gasteiger partial charge in [0.05, 0.1) is 4.90 Å². The molecule has 0 aromatic heterocycles. The summed E-state index contributed by atoms with van der Waals surface area (Å²) in [6, 6.07) is 13.0. The van der Waals surface area contributed by atoms with E-state index in [1.807, 2.05) is 18.2 Å². The van der Waals surface area contributed by atoms with Crippen LogP contribution in [0.1, 0.15) is 19.8 Å². The van der Waals surface area contributed by atoms with Crippen LogP contribution >= 0.6 is 0 Å². The maximum Gasteiger partial charge on any atom is 0.243 e. The molecule has 33 heavy (non-hydrogen) atoms. The lowest BCUT2D eigenvalue weighted by Gasteiger charge is -2.39. The summed E-state index contributed by atoms with van der Waals surface area (Å²) < 4.78 is 40.3. The maximum absolute atomic E-state index is 13.1. The summed E-state index contributed by atoms with van der Waals surface area (Å²) in [5.74, 6) is -0.0408. The SMILES string of the molecule is CC(=O)Nc1cccc(N2CCN(CC3CCN(S(=O)(=O)c4ccc(F)cc4)CC3)CC2)c1. The van der Waals surface area contributed by atoms with Crippen molar-refractivity contribution < 1.29 is 17.6 Å². The van der Waals surface area contributed by atoms with E-state index in [0.717, 1.165) is 56.9 Å². The van der Waals surface area contributed by atoms with Crippen LogP contribution in [0.5, 0.6) is 0 Å². The first-order chi connectivity index (χ1) is 15.8. The summed E-state index contributed by atoms with van der Waals surface area (Å²) in [6.45, 7) is 7.23. The second kappa shape index (κ2) is 10.2. The highest BCUT2D eigenvalue weighted by atomic mass is 32.2. The zero-order chi connectivity index (χ0) is 23.4. The number of piperidine rings is 1. The van der Waals surface area contributed by atoms with Crippen LogP contribution in [0.3, 0.4) is 0 Å². The predicted molar refractivity (Wildman–Crippen MR) is 127 cm³/mol. The number of anilines is 2. The summed E-state index contributed by atoms with van der Waals surface area (Å²) in [4.78, 5) is 16.3. The molecule has 7 nitrogen and oxygen atoms in total. The summed E-state index contributed by atoms with van der Waals surface area (Å²) >= 11 is 0. The number of piperazine rings is 1. The number of rotatable bonds is 6. The Kier molecular flexibility index (Phi) is 7.31. The maximum atomic E-state index is 13.1. The molecular weight excluding hydrogens is 443 g/mol. The molecule has 2 aliphatic rings. The van der Waals surface area contributed by atoms with Gasteiger partial charge in [0.25, 0.3) is 0 Å². The van der Waals surface area contributed by atoms with Gasteiger partial charge in [-0.1, -0.05) is 6.07 Å². The lowest BCUT2D eigenvalue weighted by Crippen LogP contribution is -2.49. The van der Waals surface area contributed by atoms with E-state index in [1.54, 1.807) is 0 Å². The Morgan fingerprint density at radius 2 is 1.67 bits per heavy atom. The van der Waals surface area contributed by atoms with Crippen LogP contribution in [0.25, 0.3) is 0 Å². The fraction of sp³-hybridized carbons (Fsp3) is 0.458. The first kappa shape index (κ1) is 23.7. The molecular formula is C24H31FN4O3S. The molecule has 0 radical (unpaired) electrons. The minimum Gasteiger partial charge on any atom is -0.369 e. The van der Waals surface area contributed by atoms with Crippen LogP contribution in [-0.4, -0.2) is 69.3 Å². The number of benzene rings is 2. The Morgan fingerprint density at radius 1 is 1.00 bits per heavy atom. The van der Waals surface area contributed by atoms with Gasteiger partial charge in [0.1, 0.15) is 5.82 Å². The Balaban J connectivity index is 1.25. The molecule has 2 aromatic rings. The molecule has 2 aromatic carbocycles. The highest BCUT2D eigenvalue weighted by molar-refractivity contribution is 7.89. The standard InChI is InChI=1S/C24H31FN4O3S/c1-19(30)26-22-3-2-4-23(17-22)28-15-13-27(14-16-28)18-20-9-11-29(12-10-20)33(31,32)24-7-5-21(25)6-8-24/h2-8,17,20H,9-16,18H2,1H3,(H,26,30). The van der Waals surface area contributed by atoms with Crippen molar-refractivity contribution in [2.75, 3.05) is 56.0 Å². The van der Waals surface area contributed by atoms with Gasteiger partial charge < -0.3 is 10.2 Å². The van der Waals surface area contributed by atoms with Crippen molar-refractivity contribution in [3.63, 3.8) is 0 Å². The van der Waals surface area contributed by atoms with Crippen LogP contribution in [0, 0.1) is 11.7 Å². The number of sulfonamides is 1. The second-order valence-corrected chi connectivity index (χ2v) is 10.8. The number of hydrogen-bond acceptors (Lipinski definition) is 5. The van der Waals surface area contributed by atoms with E-state index in [9.17, 15) is 17.6 Å². The zero-order valence-corrected chi connectivity index (χ0v) is 19.7. The first-order valence-electron chi connectivity index (χ1n) is 11.4. The minimum absolute atomic E-state index is 0.0755. The topological polar surface area (TPSA) is 73.0 Å². The summed E-state index contributed by atoms with van der Waals surface area (Å²) in [7, 11) is -3.56. The van der Waals surface area contributed by atoms with Crippen LogP contribution < -0.4 is 10.2 Å². The molecule has 1 amide bonds. The van der Waals surface area contributed by atoms with Crippen molar-refractivity contribution in [3.05, 3.63) is 54.3 Å². The minimum atomic E-state index is -3.56. The number of carbonyl (C=O) groups is 1. The zero-order valence-electron chi connectivity index (χ0n) is 18.9. The largest absolute Gasteiger partial charge is 0.369 e. The molecule has 0 atom stereocenters. The molecule has 9 heteroatoms. The van der Waals surface area contributed by atoms with Gasteiger partial charge in [-0.05, 0) is 61.2 Å². The molecule has 0 aliphatic carbocycles. The Hall–Kier alpha value is -2.49. The van der Waals surface area contributed by atoms with Crippen molar-refractivity contribution in [3.8, 4) is 0 Å². The van der Waals surface area contributed by atoms with Crippen molar-refractivity contribution in [2.24, 2.45) is 5.92 Å². The third-order valence-corrected chi connectivity index (χ3v) is 8.36. The van der Waals surface area contributed by atoms with Gasteiger partial charge in [-0.2, -0.15) is 4.31 Å². The number of carbonyl (C=O) groups excluding carboxylic acids is 1. The third-order valence-electron chi connectivity index (χ3n) is 6.45. The molecule has 1 N–H and O–H groups in total. The van der Waals surface area contributed by atoms with E-state index in [2.05, 4.69) is 21.2 Å². The van der Waals surface area contributed by atoms with Crippen LogP contribution in [0.4, 0.5) is 15.8 Å². The van der Waals surface area contributed by atoms with Crippen LogP contribution in [-0.2, 0) is 14.8 Å². The fourth-order valence-corrected chi connectivity index (χ4v) is 6.09. The molecule has 2 saturated heterocycles. The molecule has 2 aliphatic heterocycles. The van der Waals surface area contributed by atoms with Crippen molar-refractivity contribution in [1.29, 1.82) is 0 Å². The van der Waals surface area contributed by atoms with Crippen LogP contribution in [0.15, 0.2) is 53.4 Å². The molecule has 0 unspecified atom stereocenters. The normalized spacial score (nSPS) is 18.9. The molecule has 4 rings (SSSR count). The van der Waals surface area contributed by atoms with Crippen LogP contribution in [0.2, 0.25) is 0 Å². The monoisotopic (exact) mass is 474 g/mol. The van der Waals surface area contributed by atoms with E-state index in [4.69, 9.17) is 0 Å². The Bertz CT molecular complexity index is 1060. The summed E-state index contributed by atoms with van der Waals surface area (Å²) in [5, 5.41) is 2.83. The van der Waals surface area contributed by atoms with Gasteiger partial charge in [0.15, 0.2) is 0 Å². The number of nitrogens with zero attached hydrogens (tertiary/aromatic N) is 3. The molecule has 0 spiro atoms. The van der Waals surface area contributed by atoms with E-state index >= 15 is 0 Å². The van der Waals surface area contributed by atoms with Gasteiger partial charge in [0.2, 0.25) is 15.9 Å². The molecule has 2 fully saturated rings. The van der Waals surface area contributed by atoms with E-state index in [-0.39, 0.29) is 10.8 Å². The third kappa shape index (κ3) is 5.90. The number of nitrogens with one attached hydrogen (secondary N) is 1. The molecule has 178 valence electrons. The number of hydrogen-bond donors (Lipinski definition) is 1. The summed E-state index contributed by atoms with van der Waals surface area (Å²) in [5.41, 5.74) is 1.92. The predicted octanol–water partition coefficient (Wildman–Crippen LogP) is 3.01. The van der Waals surface area contributed by atoms with Gasteiger partial charge in [-0.15, -0.1) is 0 Å². The fourth-order valence-electron chi connectivity index (χ4n) is 4.63. The van der Waals surface area contributed by atoms with Gasteiger partial charge in [0, 0.05) is 64.1 Å². The Labute approximate surface area is 195 Å². The van der Waals surface area contributed by atoms with Gasteiger partial charge in [-0.3, -0.25) is 9.69 Å². The summed E-state index contributed by atoms with van der Waals surface area (Å²) in [6.07, 6.45) is 1.67. The first-order valence-corrected chi connectivity index (χ1v) is 12.9. The quantitative estimate of drug-likeness (QED) is 0.697. The lowest BCUT2D eigenvalue weighted by molar-refractivity contribution is -0.114. The van der Waals surface area contributed by atoms with E-state index in [0.29, 0.717) is 19.0 Å². The van der Waals surface area contributed by atoms with Crippen molar-refractivity contribution in [2.45, 2.75) is 24.7 Å². The van der Waals surface area contributed by atoms with E-state index < -0.39 is 15.8 Å². The average Bonchev–Trinajstić information content (AvgIpc) is 2.80. The average molecular weight is 475 g/mol. The Morgan fingerprint density at radius 3 is 2.30 bits per heavy atom. The highest BCUT2D eigenvalue weighted by Gasteiger charge is 2.30. The van der Waals surface area contributed by atoms with Crippen molar-refractivity contribution >= 4 is 27.3 Å². The van der Waals surface area contributed by atoms with E-state index in [1.165, 1.54) is 35.5 Å². The molecule has 0 bridgehead atoms. The molecule has 2 heterocycles. The molecule has 0 saturated carbocycles.